The van der Waals surface area contributed by atoms with Gasteiger partial charge in [0.1, 0.15) is 0 Å². The molecule has 0 aliphatic rings. The summed E-state index contributed by atoms with van der Waals surface area (Å²) in [6.45, 7) is 1.96. The lowest BCUT2D eigenvalue weighted by Gasteiger charge is -2.11. The van der Waals surface area contributed by atoms with Crippen molar-refractivity contribution in [3.05, 3.63) is 62.5 Å². The van der Waals surface area contributed by atoms with E-state index in [1.807, 2.05) is 37.3 Å². The zero-order chi connectivity index (χ0) is 15.4. The number of hydrogen-bond donors (Lipinski definition) is 2. The van der Waals surface area contributed by atoms with E-state index in [9.17, 15) is 4.79 Å². The van der Waals surface area contributed by atoms with Gasteiger partial charge in [0.05, 0.1) is 5.69 Å². The Labute approximate surface area is 145 Å². The molecule has 2 aromatic rings. The van der Waals surface area contributed by atoms with Gasteiger partial charge in [-0.1, -0.05) is 34.1 Å². The zero-order valence-corrected chi connectivity index (χ0v) is 15.1. The second-order valence-electron chi connectivity index (χ2n) is 4.35. The van der Waals surface area contributed by atoms with Crippen LogP contribution < -0.4 is 10.6 Å². The third-order valence-corrected chi connectivity index (χ3v) is 4.53. The first-order chi connectivity index (χ1) is 9.97. The van der Waals surface area contributed by atoms with Crippen LogP contribution in [0.5, 0.6) is 0 Å². The number of hydrogen-bond acceptors (Lipinski definition) is 2. The van der Waals surface area contributed by atoms with Crippen molar-refractivity contribution < 1.29 is 4.79 Å². The molecule has 108 valence electrons. The van der Waals surface area contributed by atoms with Crippen LogP contribution in [0.4, 0.5) is 5.69 Å². The molecule has 0 fully saturated rings. The van der Waals surface area contributed by atoms with Gasteiger partial charge in [-0.3, -0.25) is 10.1 Å². The Morgan fingerprint density at radius 2 is 1.81 bits per heavy atom. The molecule has 0 saturated carbocycles. The number of carbonyl (C=O) groups is 1. The van der Waals surface area contributed by atoms with Crippen LogP contribution in [0.3, 0.4) is 0 Å². The predicted molar refractivity (Wildman–Crippen MR) is 96.7 cm³/mol. The fraction of sp³-hybridized carbons (Fsp3) is 0.0667. The Morgan fingerprint density at radius 3 is 2.48 bits per heavy atom. The van der Waals surface area contributed by atoms with Gasteiger partial charge in [0.25, 0.3) is 5.91 Å². The minimum atomic E-state index is -0.250. The molecule has 0 spiro atoms. The topological polar surface area (TPSA) is 41.1 Å². The smallest absolute Gasteiger partial charge is 0.257 e. The molecule has 0 aliphatic carbocycles. The number of amides is 1. The van der Waals surface area contributed by atoms with Crippen molar-refractivity contribution in [2.75, 3.05) is 5.32 Å². The van der Waals surface area contributed by atoms with Crippen molar-refractivity contribution in [1.82, 2.24) is 5.32 Å². The van der Waals surface area contributed by atoms with E-state index in [0.29, 0.717) is 5.56 Å². The van der Waals surface area contributed by atoms with E-state index >= 15 is 0 Å². The summed E-state index contributed by atoms with van der Waals surface area (Å²) in [4.78, 5) is 12.1. The van der Waals surface area contributed by atoms with E-state index in [1.165, 1.54) is 0 Å². The largest absolute Gasteiger partial charge is 0.331 e. The first-order valence-electron chi connectivity index (χ1n) is 6.10. The van der Waals surface area contributed by atoms with Gasteiger partial charge in [-0.15, -0.1) is 0 Å². The van der Waals surface area contributed by atoms with Crippen LogP contribution in [-0.4, -0.2) is 11.0 Å². The summed E-state index contributed by atoms with van der Waals surface area (Å²) in [7, 11) is 0. The number of nitrogens with one attached hydrogen (secondary N) is 2. The number of carbonyl (C=O) groups excluding carboxylic acids is 1. The number of aryl methyl sites for hydroxylation is 1. The molecule has 0 aliphatic heterocycles. The van der Waals surface area contributed by atoms with Gasteiger partial charge in [-0.2, -0.15) is 0 Å². The lowest BCUT2D eigenvalue weighted by molar-refractivity contribution is 0.0977. The van der Waals surface area contributed by atoms with E-state index in [0.717, 1.165) is 20.2 Å². The molecule has 0 aromatic heterocycles. The van der Waals surface area contributed by atoms with Crippen molar-refractivity contribution in [2.24, 2.45) is 0 Å². The third-order valence-electron chi connectivity index (χ3n) is 2.78. The van der Waals surface area contributed by atoms with Crippen molar-refractivity contribution in [3.63, 3.8) is 0 Å². The number of rotatable bonds is 2. The van der Waals surface area contributed by atoms with Crippen LogP contribution in [0.15, 0.2) is 51.4 Å². The summed E-state index contributed by atoms with van der Waals surface area (Å²) in [6, 6.07) is 13.0. The minimum Gasteiger partial charge on any atom is -0.331 e. The average Bonchev–Trinajstić information content (AvgIpc) is 2.44. The average molecular weight is 428 g/mol. The molecular formula is C15H12Br2N2OS. The quantitative estimate of drug-likeness (QED) is 0.685. The molecule has 0 unspecified atom stereocenters. The van der Waals surface area contributed by atoms with Gasteiger partial charge in [0.15, 0.2) is 5.11 Å². The first-order valence-corrected chi connectivity index (χ1v) is 8.10. The van der Waals surface area contributed by atoms with Gasteiger partial charge in [-0.05, 0) is 64.9 Å². The fourth-order valence-electron chi connectivity index (χ4n) is 1.63. The summed E-state index contributed by atoms with van der Waals surface area (Å²) in [6.07, 6.45) is 0. The summed E-state index contributed by atoms with van der Waals surface area (Å²) in [5.41, 5.74) is 2.41. The first kappa shape index (κ1) is 16.1. The van der Waals surface area contributed by atoms with Gasteiger partial charge in [-0.25, -0.2) is 0 Å². The lowest BCUT2D eigenvalue weighted by atomic mass is 10.1. The monoisotopic (exact) mass is 426 g/mol. The van der Waals surface area contributed by atoms with Crippen LogP contribution in [0.25, 0.3) is 0 Å². The molecule has 2 rings (SSSR count). The lowest BCUT2D eigenvalue weighted by Crippen LogP contribution is -2.34. The maximum Gasteiger partial charge on any atom is 0.257 e. The Bertz CT molecular complexity index is 704. The van der Waals surface area contributed by atoms with Crippen molar-refractivity contribution >= 4 is 60.8 Å². The van der Waals surface area contributed by atoms with Crippen LogP contribution in [0.1, 0.15) is 15.9 Å². The van der Waals surface area contributed by atoms with E-state index in [1.54, 1.807) is 12.1 Å². The van der Waals surface area contributed by atoms with Crippen LogP contribution in [-0.2, 0) is 0 Å². The predicted octanol–water partition coefficient (Wildman–Crippen LogP) is 4.65. The van der Waals surface area contributed by atoms with Gasteiger partial charge in [0, 0.05) is 14.5 Å². The summed E-state index contributed by atoms with van der Waals surface area (Å²) in [5, 5.41) is 5.89. The highest BCUT2D eigenvalue weighted by Gasteiger charge is 2.10. The second-order valence-corrected chi connectivity index (χ2v) is 6.47. The van der Waals surface area contributed by atoms with E-state index in [-0.39, 0.29) is 11.0 Å². The molecule has 21 heavy (non-hydrogen) atoms. The molecule has 6 heteroatoms. The molecule has 3 nitrogen and oxygen atoms in total. The maximum absolute atomic E-state index is 12.1. The number of halogens is 2. The Morgan fingerprint density at radius 1 is 1.10 bits per heavy atom. The van der Waals surface area contributed by atoms with E-state index in [4.69, 9.17) is 12.2 Å². The second kappa shape index (κ2) is 7.15. The Kier molecular flexibility index (Phi) is 5.50. The normalized spacial score (nSPS) is 10.0. The number of thiocarbonyl (C=S) groups is 1. The van der Waals surface area contributed by atoms with Gasteiger partial charge in [0.2, 0.25) is 0 Å². The number of para-hydroxylation sites is 1. The third kappa shape index (κ3) is 4.36. The Hall–Kier alpha value is -1.24. The van der Waals surface area contributed by atoms with Crippen LogP contribution in [0, 0.1) is 6.92 Å². The van der Waals surface area contributed by atoms with Gasteiger partial charge < -0.3 is 5.32 Å². The van der Waals surface area contributed by atoms with Crippen LogP contribution >= 0.6 is 44.1 Å². The standard InChI is InChI=1S/C15H12Br2N2OS/c1-9-6-7-10(8-12(9)17)14(20)19-15(21)18-13-5-3-2-4-11(13)16/h2-8H,1H3,(H2,18,19,20,21). The van der Waals surface area contributed by atoms with E-state index in [2.05, 4.69) is 42.5 Å². The number of benzene rings is 2. The maximum atomic E-state index is 12.1. The minimum absolute atomic E-state index is 0.250. The molecule has 2 N–H and O–H groups in total. The molecule has 0 saturated heterocycles. The van der Waals surface area contributed by atoms with Crippen molar-refractivity contribution in [2.45, 2.75) is 6.92 Å². The highest BCUT2D eigenvalue weighted by molar-refractivity contribution is 9.10. The summed E-state index contributed by atoms with van der Waals surface area (Å²) >= 11 is 12.0. The number of anilines is 1. The van der Waals surface area contributed by atoms with Crippen molar-refractivity contribution in [1.29, 1.82) is 0 Å². The van der Waals surface area contributed by atoms with E-state index < -0.39 is 0 Å². The van der Waals surface area contributed by atoms with Crippen molar-refractivity contribution in [3.8, 4) is 0 Å². The molecule has 0 heterocycles. The Balaban J connectivity index is 2.04. The molecule has 1 amide bonds. The van der Waals surface area contributed by atoms with Crippen LogP contribution in [0.2, 0.25) is 0 Å². The summed E-state index contributed by atoms with van der Waals surface area (Å²) < 4.78 is 1.76. The highest BCUT2D eigenvalue weighted by Crippen LogP contribution is 2.21. The fourth-order valence-corrected chi connectivity index (χ4v) is 2.59. The zero-order valence-electron chi connectivity index (χ0n) is 11.1. The van der Waals surface area contributed by atoms with Gasteiger partial charge >= 0.3 is 0 Å². The molecule has 0 bridgehead atoms. The molecular weight excluding hydrogens is 416 g/mol. The SMILES string of the molecule is Cc1ccc(C(=O)NC(=S)Nc2ccccc2Br)cc1Br. The highest BCUT2D eigenvalue weighted by atomic mass is 79.9. The molecule has 0 radical (unpaired) electrons. The summed E-state index contributed by atoms with van der Waals surface area (Å²) in [5.74, 6) is -0.250. The molecule has 0 atom stereocenters. The molecule has 2 aromatic carbocycles.